The molecule has 0 saturated heterocycles. The van der Waals surface area contributed by atoms with E-state index in [0.29, 0.717) is 16.1 Å². The van der Waals surface area contributed by atoms with Crippen molar-refractivity contribution >= 4 is 41.0 Å². The van der Waals surface area contributed by atoms with Crippen molar-refractivity contribution in [1.82, 2.24) is 14.7 Å². The summed E-state index contributed by atoms with van der Waals surface area (Å²) in [6.07, 6.45) is 0. The monoisotopic (exact) mass is 322 g/mol. The highest BCUT2D eigenvalue weighted by atomic mass is 35.5. The summed E-state index contributed by atoms with van der Waals surface area (Å²) in [5.74, 6) is 0.407. The van der Waals surface area contributed by atoms with Crippen LogP contribution in [-0.4, -0.2) is 15.9 Å². The number of aromatic nitrogens is 2. The number of anilines is 2. The van der Waals surface area contributed by atoms with Crippen LogP contribution in [0.4, 0.5) is 11.5 Å². The molecular weight excluding hydrogens is 308 g/mol. The van der Waals surface area contributed by atoms with Crippen molar-refractivity contribution in [1.29, 1.82) is 0 Å². The Morgan fingerprint density at radius 3 is 2.76 bits per heavy atom. The van der Waals surface area contributed by atoms with Gasteiger partial charge in [-0.2, -0.15) is 0 Å². The largest absolute Gasteiger partial charge is 0.340 e. The molecule has 0 aliphatic heterocycles. The summed E-state index contributed by atoms with van der Waals surface area (Å²) in [7, 11) is 0. The van der Waals surface area contributed by atoms with Crippen LogP contribution in [0.1, 0.15) is 18.1 Å². The second-order valence-electron chi connectivity index (χ2n) is 4.49. The van der Waals surface area contributed by atoms with Crippen molar-refractivity contribution in [2.75, 3.05) is 5.32 Å². The van der Waals surface area contributed by atoms with Crippen LogP contribution in [0.15, 0.2) is 29.4 Å². The SMILES string of the molecule is CC(=O)NSc1nc(Cl)cc(Nc2cccc(C)c2C)n1. The second kappa shape index (κ2) is 6.78. The van der Waals surface area contributed by atoms with Crippen molar-refractivity contribution in [3.63, 3.8) is 0 Å². The molecule has 21 heavy (non-hydrogen) atoms. The number of hydrogen-bond donors (Lipinski definition) is 2. The average Bonchev–Trinajstić information content (AvgIpc) is 2.41. The third-order valence-electron chi connectivity index (χ3n) is 2.83. The van der Waals surface area contributed by atoms with Gasteiger partial charge in [0.2, 0.25) is 11.1 Å². The summed E-state index contributed by atoms with van der Waals surface area (Å²) in [5.41, 5.74) is 3.29. The maximum Gasteiger partial charge on any atom is 0.227 e. The maximum atomic E-state index is 10.9. The van der Waals surface area contributed by atoms with Crippen LogP contribution in [0.3, 0.4) is 0 Å². The fraction of sp³-hybridized carbons (Fsp3) is 0.214. The van der Waals surface area contributed by atoms with Gasteiger partial charge in [-0.25, -0.2) is 9.97 Å². The van der Waals surface area contributed by atoms with E-state index >= 15 is 0 Å². The van der Waals surface area contributed by atoms with Crippen LogP contribution < -0.4 is 10.0 Å². The quantitative estimate of drug-likeness (QED) is 0.511. The van der Waals surface area contributed by atoms with Gasteiger partial charge in [-0.3, -0.25) is 9.52 Å². The molecule has 0 aliphatic carbocycles. The molecule has 0 radical (unpaired) electrons. The number of carbonyl (C=O) groups excluding carboxylic acids is 1. The summed E-state index contributed by atoms with van der Waals surface area (Å²) in [6, 6.07) is 7.63. The minimum atomic E-state index is -0.174. The predicted molar refractivity (Wildman–Crippen MR) is 85.9 cm³/mol. The normalized spacial score (nSPS) is 10.3. The number of rotatable bonds is 4. The lowest BCUT2D eigenvalue weighted by atomic mass is 10.1. The van der Waals surface area contributed by atoms with Gasteiger partial charge in [-0.1, -0.05) is 23.7 Å². The highest BCUT2D eigenvalue weighted by molar-refractivity contribution is 7.97. The van der Waals surface area contributed by atoms with E-state index in [4.69, 9.17) is 11.6 Å². The number of nitrogens with zero attached hydrogens (tertiary/aromatic N) is 2. The molecule has 1 amide bonds. The van der Waals surface area contributed by atoms with Crippen LogP contribution in [-0.2, 0) is 4.79 Å². The van der Waals surface area contributed by atoms with Crippen LogP contribution in [0.2, 0.25) is 5.15 Å². The molecule has 7 heteroatoms. The highest BCUT2D eigenvalue weighted by Crippen LogP contribution is 2.24. The number of benzene rings is 1. The molecule has 0 atom stereocenters. The first kappa shape index (κ1) is 15.6. The lowest BCUT2D eigenvalue weighted by Gasteiger charge is -2.11. The van der Waals surface area contributed by atoms with E-state index in [2.05, 4.69) is 20.0 Å². The van der Waals surface area contributed by atoms with E-state index in [0.717, 1.165) is 23.2 Å². The summed E-state index contributed by atoms with van der Waals surface area (Å²) >= 11 is 7.01. The van der Waals surface area contributed by atoms with Gasteiger partial charge in [0.05, 0.1) is 0 Å². The smallest absolute Gasteiger partial charge is 0.227 e. The molecule has 0 saturated carbocycles. The molecule has 2 aromatic rings. The zero-order chi connectivity index (χ0) is 15.4. The molecule has 1 heterocycles. The van der Waals surface area contributed by atoms with Gasteiger partial charge in [0.15, 0.2) is 0 Å². The van der Waals surface area contributed by atoms with E-state index in [-0.39, 0.29) is 5.91 Å². The fourth-order valence-corrected chi connectivity index (χ4v) is 2.40. The highest BCUT2D eigenvalue weighted by Gasteiger charge is 2.07. The van der Waals surface area contributed by atoms with Crippen LogP contribution in [0.5, 0.6) is 0 Å². The zero-order valence-corrected chi connectivity index (χ0v) is 13.5. The maximum absolute atomic E-state index is 10.9. The third-order valence-corrected chi connectivity index (χ3v) is 3.78. The molecule has 2 rings (SSSR count). The Bertz CT molecular complexity index is 678. The molecule has 110 valence electrons. The fourth-order valence-electron chi connectivity index (χ4n) is 1.65. The molecule has 2 N–H and O–H groups in total. The topological polar surface area (TPSA) is 66.9 Å². The predicted octanol–water partition coefficient (Wildman–Crippen LogP) is 3.63. The molecule has 1 aromatic carbocycles. The first-order valence-corrected chi connectivity index (χ1v) is 7.46. The van der Waals surface area contributed by atoms with Crippen LogP contribution >= 0.6 is 23.5 Å². The summed E-state index contributed by atoms with van der Waals surface area (Å²) < 4.78 is 2.57. The third kappa shape index (κ3) is 4.34. The van der Waals surface area contributed by atoms with Crippen molar-refractivity contribution in [3.05, 3.63) is 40.5 Å². The standard InChI is InChI=1S/C14H15ClN4OS/c1-8-5-4-6-11(9(8)2)16-13-7-12(15)17-14(18-13)21-19-10(3)20/h4-7H,1-3H3,(H,19,20)(H,16,17,18). The number of hydrogen-bond acceptors (Lipinski definition) is 5. The molecule has 0 unspecified atom stereocenters. The number of amides is 1. The number of aryl methyl sites for hydroxylation is 1. The molecule has 5 nitrogen and oxygen atoms in total. The summed E-state index contributed by atoms with van der Waals surface area (Å²) in [6.45, 7) is 5.51. The van der Waals surface area contributed by atoms with Gasteiger partial charge < -0.3 is 5.32 Å². The van der Waals surface area contributed by atoms with Gasteiger partial charge in [-0.05, 0) is 31.0 Å². The van der Waals surface area contributed by atoms with Gasteiger partial charge >= 0.3 is 0 Å². The van der Waals surface area contributed by atoms with Gasteiger partial charge in [0.1, 0.15) is 11.0 Å². The first-order chi connectivity index (χ1) is 9.95. The molecule has 0 spiro atoms. The van der Waals surface area contributed by atoms with E-state index in [9.17, 15) is 4.79 Å². The van der Waals surface area contributed by atoms with Gasteiger partial charge in [0.25, 0.3) is 0 Å². The molecule has 0 aliphatic rings. The van der Waals surface area contributed by atoms with Gasteiger partial charge in [0, 0.05) is 30.6 Å². The van der Waals surface area contributed by atoms with E-state index in [1.165, 1.54) is 12.5 Å². The van der Waals surface area contributed by atoms with Crippen molar-refractivity contribution < 1.29 is 4.79 Å². The summed E-state index contributed by atoms with van der Waals surface area (Å²) in [5, 5.41) is 3.91. The van der Waals surface area contributed by atoms with Crippen molar-refractivity contribution in [3.8, 4) is 0 Å². The van der Waals surface area contributed by atoms with E-state index in [1.807, 2.05) is 32.0 Å². The minimum absolute atomic E-state index is 0.174. The zero-order valence-electron chi connectivity index (χ0n) is 11.9. The Morgan fingerprint density at radius 1 is 1.29 bits per heavy atom. The average molecular weight is 323 g/mol. The van der Waals surface area contributed by atoms with Gasteiger partial charge in [-0.15, -0.1) is 0 Å². The molecule has 1 aromatic heterocycles. The van der Waals surface area contributed by atoms with Crippen LogP contribution in [0.25, 0.3) is 0 Å². The summed E-state index contributed by atoms with van der Waals surface area (Å²) in [4.78, 5) is 19.3. The van der Waals surface area contributed by atoms with E-state index in [1.54, 1.807) is 6.07 Å². The van der Waals surface area contributed by atoms with Crippen molar-refractivity contribution in [2.24, 2.45) is 0 Å². The number of nitrogens with one attached hydrogen (secondary N) is 2. The Morgan fingerprint density at radius 2 is 2.05 bits per heavy atom. The molecule has 0 bridgehead atoms. The Labute approximate surface area is 132 Å². The molecule has 0 fully saturated rings. The van der Waals surface area contributed by atoms with Crippen molar-refractivity contribution in [2.45, 2.75) is 25.9 Å². The Kier molecular flexibility index (Phi) is 5.03. The first-order valence-electron chi connectivity index (χ1n) is 6.27. The minimum Gasteiger partial charge on any atom is -0.340 e. The van der Waals surface area contributed by atoms with Crippen LogP contribution in [0, 0.1) is 13.8 Å². The second-order valence-corrected chi connectivity index (χ2v) is 5.65. The van der Waals surface area contributed by atoms with E-state index < -0.39 is 0 Å². The molecular formula is C14H15ClN4OS. The number of carbonyl (C=O) groups is 1. The number of halogens is 1. The lowest BCUT2D eigenvalue weighted by Crippen LogP contribution is -2.11. The lowest BCUT2D eigenvalue weighted by molar-refractivity contribution is -0.117. The Hall–Kier alpha value is -1.79. The Balaban J connectivity index is 2.23.